The molecule has 1 atom stereocenters. The van der Waals surface area contributed by atoms with Gasteiger partial charge < -0.3 is 15.2 Å². The normalized spacial score (nSPS) is 22.1. The summed E-state index contributed by atoms with van der Waals surface area (Å²) in [6.45, 7) is 1.90. The summed E-state index contributed by atoms with van der Waals surface area (Å²) in [5.41, 5.74) is -0.988. The molecule has 2 N–H and O–H groups in total. The van der Waals surface area contributed by atoms with Crippen molar-refractivity contribution in [3.63, 3.8) is 0 Å². The molecule has 0 saturated carbocycles. The number of amides is 1. The fraction of sp³-hybridized carbons (Fsp3) is 0.333. The molecular formula is C12H12FNO4. The summed E-state index contributed by atoms with van der Waals surface area (Å²) in [6, 6.07) is 3.98. The average molecular weight is 253 g/mol. The minimum atomic E-state index is -1.83. The van der Waals surface area contributed by atoms with E-state index in [0.717, 1.165) is 6.07 Å². The molecule has 0 aromatic heterocycles. The van der Waals surface area contributed by atoms with Gasteiger partial charge in [-0.25, -0.2) is 9.18 Å². The third kappa shape index (κ3) is 2.06. The van der Waals surface area contributed by atoms with Crippen molar-refractivity contribution in [3.05, 3.63) is 29.6 Å². The number of hydrogen-bond donors (Lipinski definition) is 2. The summed E-state index contributed by atoms with van der Waals surface area (Å²) in [5.74, 6) is -2.62. The quantitative estimate of drug-likeness (QED) is 0.796. The molecule has 1 unspecified atom stereocenters. The molecule has 1 aromatic rings. The number of aliphatic carboxylic acids is 1. The van der Waals surface area contributed by atoms with Crippen LogP contribution in [0.5, 0.6) is 0 Å². The summed E-state index contributed by atoms with van der Waals surface area (Å²) >= 11 is 0. The lowest BCUT2D eigenvalue weighted by Gasteiger charge is -2.35. The molecule has 0 bridgehead atoms. The lowest BCUT2D eigenvalue weighted by Crippen LogP contribution is -2.59. The van der Waals surface area contributed by atoms with E-state index in [1.807, 2.05) is 0 Å². The van der Waals surface area contributed by atoms with Crippen molar-refractivity contribution >= 4 is 17.6 Å². The standard InChI is InChI=1S/C12H12FNO4/c1-7-4-8(13)6-9(5-7)14-10(15)12(11(16)17)2-3-18-12/h4-6H,2-3H2,1H3,(H,14,15)(H,16,17). The Labute approximate surface area is 103 Å². The van der Waals surface area contributed by atoms with Gasteiger partial charge in [0.2, 0.25) is 5.60 Å². The molecule has 1 heterocycles. The Morgan fingerprint density at radius 2 is 2.11 bits per heavy atom. The van der Waals surface area contributed by atoms with Crippen LogP contribution in [0.4, 0.5) is 10.1 Å². The van der Waals surface area contributed by atoms with Crippen LogP contribution in [0.1, 0.15) is 12.0 Å². The molecule has 1 aliphatic heterocycles. The van der Waals surface area contributed by atoms with Gasteiger partial charge in [-0.15, -0.1) is 0 Å². The molecule has 1 aliphatic rings. The second kappa shape index (κ2) is 4.38. The van der Waals surface area contributed by atoms with Gasteiger partial charge >= 0.3 is 5.97 Å². The van der Waals surface area contributed by atoms with Gasteiger partial charge in [0, 0.05) is 12.1 Å². The van der Waals surface area contributed by atoms with Crippen molar-refractivity contribution in [2.24, 2.45) is 0 Å². The molecule has 2 rings (SSSR count). The number of halogens is 1. The lowest BCUT2D eigenvalue weighted by atomic mass is 9.93. The Balaban J connectivity index is 2.18. The van der Waals surface area contributed by atoms with E-state index in [1.54, 1.807) is 13.0 Å². The molecule has 1 aromatic carbocycles. The van der Waals surface area contributed by atoms with Crippen molar-refractivity contribution < 1.29 is 23.8 Å². The van der Waals surface area contributed by atoms with E-state index in [9.17, 15) is 14.0 Å². The van der Waals surface area contributed by atoms with Gasteiger partial charge in [0.15, 0.2) is 0 Å². The fourth-order valence-corrected chi connectivity index (χ4v) is 1.79. The maximum Gasteiger partial charge on any atom is 0.346 e. The van der Waals surface area contributed by atoms with E-state index < -0.39 is 23.3 Å². The van der Waals surface area contributed by atoms with Gasteiger partial charge in [0.05, 0.1) is 6.61 Å². The highest BCUT2D eigenvalue weighted by atomic mass is 19.1. The van der Waals surface area contributed by atoms with E-state index in [2.05, 4.69) is 5.32 Å². The molecule has 5 nitrogen and oxygen atoms in total. The number of benzene rings is 1. The minimum Gasteiger partial charge on any atom is -0.479 e. The zero-order valence-corrected chi connectivity index (χ0v) is 9.70. The van der Waals surface area contributed by atoms with Gasteiger partial charge in [-0.2, -0.15) is 0 Å². The van der Waals surface area contributed by atoms with Gasteiger partial charge in [0.1, 0.15) is 5.82 Å². The number of aryl methyl sites for hydroxylation is 1. The highest BCUT2D eigenvalue weighted by Gasteiger charge is 2.53. The summed E-state index contributed by atoms with van der Waals surface area (Å²) in [5, 5.41) is 11.3. The molecule has 0 spiro atoms. The van der Waals surface area contributed by atoms with Crippen LogP contribution in [-0.4, -0.2) is 29.2 Å². The van der Waals surface area contributed by atoms with Crippen molar-refractivity contribution in [1.82, 2.24) is 0 Å². The summed E-state index contributed by atoms with van der Waals surface area (Å²) < 4.78 is 18.0. The fourth-order valence-electron chi connectivity index (χ4n) is 1.79. The number of nitrogens with one attached hydrogen (secondary N) is 1. The van der Waals surface area contributed by atoms with Crippen LogP contribution < -0.4 is 5.32 Å². The van der Waals surface area contributed by atoms with Gasteiger partial charge in [-0.1, -0.05) is 0 Å². The number of rotatable bonds is 3. The van der Waals surface area contributed by atoms with Gasteiger partial charge in [0.25, 0.3) is 5.91 Å². The summed E-state index contributed by atoms with van der Waals surface area (Å²) in [4.78, 5) is 22.9. The monoisotopic (exact) mass is 253 g/mol. The highest BCUT2D eigenvalue weighted by molar-refractivity contribution is 6.12. The SMILES string of the molecule is Cc1cc(F)cc(NC(=O)C2(C(=O)O)CCO2)c1. The van der Waals surface area contributed by atoms with E-state index in [4.69, 9.17) is 9.84 Å². The number of carboxylic acids is 1. The Kier molecular flexibility index (Phi) is 3.04. The predicted molar refractivity (Wildman–Crippen MR) is 60.7 cm³/mol. The second-order valence-electron chi connectivity index (χ2n) is 4.20. The van der Waals surface area contributed by atoms with Crippen LogP contribution >= 0.6 is 0 Å². The Bertz CT molecular complexity index is 491. The van der Waals surface area contributed by atoms with E-state index >= 15 is 0 Å². The summed E-state index contributed by atoms with van der Waals surface area (Å²) in [6.07, 6.45) is 0.114. The van der Waals surface area contributed by atoms with Crippen molar-refractivity contribution in [2.45, 2.75) is 18.9 Å². The molecule has 1 fully saturated rings. The molecule has 96 valence electrons. The van der Waals surface area contributed by atoms with Crippen LogP contribution in [-0.2, 0) is 14.3 Å². The van der Waals surface area contributed by atoms with Gasteiger partial charge in [-0.05, 0) is 30.7 Å². The number of anilines is 1. The van der Waals surface area contributed by atoms with Crippen molar-refractivity contribution in [2.75, 3.05) is 11.9 Å². The maximum absolute atomic E-state index is 13.1. The molecular weight excluding hydrogens is 241 g/mol. The predicted octanol–water partition coefficient (Wildman–Crippen LogP) is 1.32. The van der Waals surface area contributed by atoms with Crippen LogP contribution in [0.3, 0.4) is 0 Å². The Hall–Kier alpha value is -1.95. The number of ether oxygens (including phenoxy) is 1. The molecule has 1 amide bonds. The maximum atomic E-state index is 13.1. The first kappa shape index (κ1) is 12.5. The first-order chi connectivity index (χ1) is 8.44. The van der Waals surface area contributed by atoms with Crippen LogP contribution in [0.2, 0.25) is 0 Å². The lowest BCUT2D eigenvalue weighted by molar-refractivity contribution is -0.194. The van der Waals surface area contributed by atoms with Crippen LogP contribution in [0.25, 0.3) is 0 Å². The number of carbonyl (C=O) groups excluding carboxylic acids is 1. The van der Waals surface area contributed by atoms with E-state index in [1.165, 1.54) is 6.07 Å². The first-order valence-corrected chi connectivity index (χ1v) is 5.40. The van der Waals surface area contributed by atoms with Crippen LogP contribution in [0, 0.1) is 12.7 Å². The van der Waals surface area contributed by atoms with E-state index in [0.29, 0.717) is 5.56 Å². The topological polar surface area (TPSA) is 75.6 Å². The molecule has 18 heavy (non-hydrogen) atoms. The second-order valence-corrected chi connectivity index (χ2v) is 4.20. The molecule has 1 saturated heterocycles. The van der Waals surface area contributed by atoms with Crippen LogP contribution in [0.15, 0.2) is 18.2 Å². The van der Waals surface area contributed by atoms with E-state index in [-0.39, 0.29) is 18.7 Å². The zero-order valence-electron chi connectivity index (χ0n) is 9.70. The number of carboxylic acid groups (broad SMARTS) is 1. The first-order valence-electron chi connectivity index (χ1n) is 5.40. The Morgan fingerprint density at radius 3 is 2.56 bits per heavy atom. The minimum absolute atomic E-state index is 0.114. The van der Waals surface area contributed by atoms with Crippen molar-refractivity contribution in [1.29, 1.82) is 0 Å². The largest absolute Gasteiger partial charge is 0.479 e. The Morgan fingerprint density at radius 1 is 1.44 bits per heavy atom. The van der Waals surface area contributed by atoms with Gasteiger partial charge in [-0.3, -0.25) is 4.79 Å². The molecule has 0 aliphatic carbocycles. The zero-order chi connectivity index (χ0) is 13.3. The molecule has 0 radical (unpaired) electrons. The average Bonchev–Trinajstić information content (AvgIpc) is 2.11. The van der Waals surface area contributed by atoms with Crippen molar-refractivity contribution in [3.8, 4) is 0 Å². The molecule has 6 heteroatoms. The number of hydrogen-bond acceptors (Lipinski definition) is 3. The third-order valence-corrected chi connectivity index (χ3v) is 2.81. The highest BCUT2D eigenvalue weighted by Crippen LogP contribution is 2.28. The number of carbonyl (C=O) groups is 2. The smallest absolute Gasteiger partial charge is 0.346 e. The summed E-state index contributed by atoms with van der Waals surface area (Å²) in [7, 11) is 0. The third-order valence-electron chi connectivity index (χ3n) is 2.81.